The molecular weight excluding hydrogens is 558 g/mol. The largest absolute Gasteiger partial charge is 1.00 e. The second-order valence-electron chi connectivity index (χ2n) is 8.09. The number of nitrogens with one attached hydrogen (secondary N) is 4. The highest BCUT2D eigenvalue weighted by molar-refractivity contribution is 6.02. The number of halogens is 5. The number of H-pyrrole nitrogens is 1. The van der Waals surface area contributed by atoms with Crippen LogP contribution in [0.3, 0.4) is 0 Å². The maximum Gasteiger partial charge on any atom is 0.416 e. The van der Waals surface area contributed by atoms with E-state index in [1.807, 2.05) is 0 Å². The molecule has 0 saturated carbocycles. The number of urea groups is 1. The first-order valence-corrected chi connectivity index (χ1v) is 11.2. The Labute approximate surface area is 229 Å². The number of hydrogen-bond acceptors (Lipinski definition) is 5. The molecule has 0 bridgehead atoms. The minimum Gasteiger partial charge on any atom is -1.00 e. The van der Waals surface area contributed by atoms with Crippen molar-refractivity contribution in [3.05, 3.63) is 96.2 Å². The van der Waals surface area contributed by atoms with E-state index in [0.717, 1.165) is 0 Å². The molecule has 0 aliphatic rings. The maximum absolute atomic E-state index is 13.9. The van der Waals surface area contributed by atoms with Crippen LogP contribution in [0.25, 0.3) is 11.0 Å². The topological polar surface area (TPSA) is 121 Å². The van der Waals surface area contributed by atoms with Gasteiger partial charge in [0.25, 0.3) is 5.91 Å². The quantitative estimate of drug-likeness (QED) is 0.228. The number of fused-ring (bicyclic) bond motifs is 1. The van der Waals surface area contributed by atoms with Crippen LogP contribution in [0.15, 0.2) is 83.5 Å². The summed E-state index contributed by atoms with van der Waals surface area (Å²) in [5, 5.41) is 7.08. The van der Waals surface area contributed by atoms with Crippen LogP contribution in [-0.4, -0.2) is 21.9 Å². The molecule has 2 heterocycles. The summed E-state index contributed by atoms with van der Waals surface area (Å²) in [6.45, 7) is 0. The molecule has 9 nitrogen and oxygen atoms in total. The van der Waals surface area contributed by atoms with E-state index in [2.05, 4.69) is 25.9 Å². The number of aromatic nitrogens is 2. The second-order valence-corrected chi connectivity index (χ2v) is 8.09. The van der Waals surface area contributed by atoms with Crippen molar-refractivity contribution in [2.45, 2.75) is 6.18 Å². The SMILES string of the molecule is O=C(Nc1ccc(Oc2ccc3nc(NC(=O)c4ccco4)[nH]c3c2)cc1)Nc1cc(C(F)(F)F)ccc1F.[Cl-]. The van der Waals surface area contributed by atoms with Crippen molar-refractivity contribution >= 4 is 40.3 Å². The van der Waals surface area contributed by atoms with Crippen LogP contribution in [0.1, 0.15) is 16.1 Å². The Hall–Kier alpha value is -5.04. The molecule has 3 aromatic carbocycles. The van der Waals surface area contributed by atoms with Crippen LogP contribution >= 0.6 is 0 Å². The predicted octanol–water partition coefficient (Wildman–Crippen LogP) is 4.01. The van der Waals surface area contributed by atoms with E-state index in [0.29, 0.717) is 40.7 Å². The van der Waals surface area contributed by atoms with Crippen molar-refractivity contribution < 1.29 is 48.7 Å². The van der Waals surface area contributed by atoms with Crippen LogP contribution in [-0.2, 0) is 6.18 Å². The van der Waals surface area contributed by atoms with Crippen LogP contribution < -0.4 is 33.1 Å². The molecule has 5 aromatic rings. The zero-order valence-electron chi connectivity index (χ0n) is 20.0. The van der Waals surface area contributed by atoms with Gasteiger partial charge >= 0.3 is 12.2 Å². The lowest BCUT2D eigenvalue weighted by molar-refractivity contribution is -0.137. The van der Waals surface area contributed by atoms with Crippen molar-refractivity contribution in [3.63, 3.8) is 0 Å². The molecule has 0 spiro atoms. The molecule has 0 atom stereocenters. The van der Waals surface area contributed by atoms with Gasteiger partial charge < -0.3 is 37.2 Å². The van der Waals surface area contributed by atoms with Gasteiger partial charge in [-0.1, -0.05) is 0 Å². The van der Waals surface area contributed by atoms with E-state index in [1.165, 1.54) is 24.5 Å². The molecule has 0 aliphatic carbocycles. The highest BCUT2D eigenvalue weighted by Crippen LogP contribution is 2.32. The Balaban J connectivity index is 0.00000370. The number of benzene rings is 3. The summed E-state index contributed by atoms with van der Waals surface area (Å²) in [7, 11) is 0. The number of aromatic amines is 1. The van der Waals surface area contributed by atoms with E-state index >= 15 is 0 Å². The third-order valence-electron chi connectivity index (χ3n) is 5.32. The fraction of sp³-hybridized carbons (Fsp3) is 0.0385. The second kappa shape index (κ2) is 11.4. The first-order valence-electron chi connectivity index (χ1n) is 11.2. The summed E-state index contributed by atoms with van der Waals surface area (Å²) in [5.41, 5.74) is -0.240. The molecule has 14 heteroatoms. The van der Waals surface area contributed by atoms with Crippen molar-refractivity contribution in [1.29, 1.82) is 0 Å². The van der Waals surface area contributed by atoms with E-state index < -0.39 is 35.2 Å². The van der Waals surface area contributed by atoms with Gasteiger partial charge in [-0.25, -0.2) is 14.2 Å². The fourth-order valence-corrected chi connectivity index (χ4v) is 3.51. The van der Waals surface area contributed by atoms with Gasteiger partial charge in [0.2, 0.25) is 5.95 Å². The fourth-order valence-electron chi connectivity index (χ4n) is 3.51. The highest BCUT2D eigenvalue weighted by Gasteiger charge is 2.31. The number of carbonyl (C=O) groups excluding carboxylic acids is 2. The lowest BCUT2D eigenvalue weighted by Crippen LogP contribution is -3.00. The van der Waals surface area contributed by atoms with Gasteiger partial charge in [-0.15, -0.1) is 0 Å². The third kappa shape index (κ3) is 6.50. The van der Waals surface area contributed by atoms with Crippen molar-refractivity contribution in [1.82, 2.24) is 9.97 Å². The number of hydrogen-bond donors (Lipinski definition) is 4. The van der Waals surface area contributed by atoms with Crippen molar-refractivity contribution in [3.8, 4) is 11.5 Å². The summed E-state index contributed by atoms with van der Waals surface area (Å²) in [4.78, 5) is 31.6. The Morgan fingerprint density at radius 3 is 2.35 bits per heavy atom. The molecule has 4 N–H and O–H groups in total. The smallest absolute Gasteiger partial charge is 0.416 e. The number of carbonyl (C=O) groups is 2. The van der Waals surface area contributed by atoms with Crippen LogP contribution in [0.2, 0.25) is 0 Å². The minimum atomic E-state index is -4.68. The summed E-state index contributed by atoms with van der Waals surface area (Å²) in [6, 6.07) is 15.0. The van der Waals surface area contributed by atoms with E-state index in [-0.39, 0.29) is 29.8 Å². The normalized spacial score (nSPS) is 11.0. The average Bonchev–Trinajstić information content (AvgIpc) is 3.56. The molecule has 0 saturated heterocycles. The Kier molecular flexibility index (Phi) is 7.95. The Bertz CT molecular complexity index is 1650. The molecule has 3 amide bonds. The highest BCUT2D eigenvalue weighted by atomic mass is 35.5. The number of nitrogens with zero attached hydrogens (tertiary/aromatic N) is 1. The third-order valence-corrected chi connectivity index (χ3v) is 5.32. The predicted molar refractivity (Wildman–Crippen MR) is 133 cm³/mol. The molecule has 40 heavy (non-hydrogen) atoms. The number of furan rings is 1. The summed E-state index contributed by atoms with van der Waals surface area (Å²) in [5.74, 6) is -0.246. The molecule has 0 fully saturated rings. The van der Waals surface area contributed by atoms with Crippen LogP contribution in [0.4, 0.5) is 39.7 Å². The molecule has 0 radical (unpaired) electrons. The number of imidazole rings is 1. The zero-order valence-corrected chi connectivity index (χ0v) is 20.7. The van der Waals surface area contributed by atoms with Gasteiger partial charge in [-0.2, -0.15) is 13.2 Å². The maximum atomic E-state index is 13.9. The Morgan fingerprint density at radius 1 is 0.900 bits per heavy atom. The van der Waals surface area contributed by atoms with Crippen molar-refractivity contribution in [2.75, 3.05) is 16.0 Å². The van der Waals surface area contributed by atoms with Gasteiger partial charge in [0.1, 0.15) is 17.3 Å². The number of anilines is 3. The Morgan fingerprint density at radius 2 is 1.65 bits per heavy atom. The molecule has 2 aromatic heterocycles. The lowest BCUT2D eigenvalue weighted by Gasteiger charge is -2.12. The van der Waals surface area contributed by atoms with Gasteiger partial charge in [-0.3, -0.25) is 10.1 Å². The van der Waals surface area contributed by atoms with Crippen molar-refractivity contribution in [2.24, 2.45) is 0 Å². The first-order chi connectivity index (χ1) is 18.6. The van der Waals surface area contributed by atoms with E-state index in [4.69, 9.17) is 9.15 Å². The standard InChI is InChI=1S/C26H17F4N5O4.ClH/c27-18-9-3-14(26(28,29)30)12-20(18)34-25(37)31-15-4-6-16(7-5-15)39-17-8-10-19-21(13-17)33-24(32-19)35-23(36)22-2-1-11-38-22;/h1-13H,(H2,31,34,37)(H2,32,33,35,36);1H/p-1. The lowest BCUT2D eigenvalue weighted by atomic mass is 10.2. The molecule has 0 unspecified atom stereocenters. The summed E-state index contributed by atoms with van der Waals surface area (Å²) in [6.07, 6.45) is -3.30. The average molecular weight is 575 g/mol. The zero-order chi connectivity index (χ0) is 27.6. The molecular formula is C26H17ClF4N5O4-. The summed E-state index contributed by atoms with van der Waals surface area (Å²) < 4.78 is 63.3. The van der Waals surface area contributed by atoms with E-state index in [9.17, 15) is 27.2 Å². The number of ether oxygens (including phenoxy) is 1. The van der Waals surface area contributed by atoms with Gasteiger partial charge in [0.15, 0.2) is 5.76 Å². The minimum absolute atomic E-state index is 0. The first kappa shape index (κ1) is 28.0. The summed E-state index contributed by atoms with van der Waals surface area (Å²) >= 11 is 0. The van der Waals surface area contributed by atoms with E-state index in [1.54, 1.807) is 36.4 Å². The number of amides is 3. The van der Waals surface area contributed by atoms with Crippen LogP contribution in [0, 0.1) is 5.82 Å². The number of alkyl halides is 3. The number of rotatable bonds is 6. The molecule has 206 valence electrons. The monoisotopic (exact) mass is 574 g/mol. The van der Waals surface area contributed by atoms with Crippen LogP contribution in [0.5, 0.6) is 11.5 Å². The van der Waals surface area contributed by atoms with Gasteiger partial charge in [0.05, 0.1) is 28.5 Å². The molecule has 0 aliphatic heterocycles. The van der Waals surface area contributed by atoms with Gasteiger partial charge in [-0.05, 0) is 66.7 Å². The molecule has 5 rings (SSSR count). The van der Waals surface area contributed by atoms with Gasteiger partial charge in [0, 0.05) is 11.8 Å².